The summed E-state index contributed by atoms with van der Waals surface area (Å²) in [5, 5.41) is 4.23. The molecule has 0 aliphatic heterocycles. The van der Waals surface area contributed by atoms with E-state index in [9.17, 15) is 0 Å². The zero-order valence-electron chi connectivity index (χ0n) is 10.3. The third-order valence-corrected chi connectivity index (χ3v) is 3.92. The van der Waals surface area contributed by atoms with Crippen LogP contribution in [0.15, 0.2) is 24.3 Å². The van der Waals surface area contributed by atoms with Crippen LogP contribution in [-0.4, -0.2) is 13.6 Å². The first-order valence-electron chi connectivity index (χ1n) is 5.89. The van der Waals surface area contributed by atoms with Crippen molar-refractivity contribution in [2.75, 3.05) is 13.6 Å². The molecule has 1 aliphatic carbocycles. The molecular formula is C14H20ClN. The van der Waals surface area contributed by atoms with Gasteiger partial charge in [-0.1, -0.05) is 43.6 Å². The molecule has 0 spiro atoms. The van der Waals surface area contributed by atoms with Crippen LogP contribution in [0.4, 0.5) is 0 Å². The summed E-state index contributed by atoms with van der Waals surface area (Å²) in [6.45, 7) is 5.68. The Bertz CT molecular complexity index is 376. The maximum absolute atomic E-state index is 6.32. The fourth-order valence-electron chi connectivity index (χ4n) is 3.42. The molecule has 2 rings (SSSR count). The molecule has 1 nitrogen and oxygen atoms in total. The van der Waals surface area contributed by atoms with Gasteiger partial charge in [0.05, 0.1) is 0 Å². The Morgan fingerprint density at radius 3 is 2.38 bits per heavy atom. The van der Waals surface area contributed by atoms with Crippen molar-refractivity contribution in [2.24, 2.45) is 5.41 Å². The van der Waals surface area contributed by atoms with E-state index in [1.165, 1.54) is 18.4 Å². The summed E-state index contributed by atoms with van der Waals surface area (Å²) < 4.78 is 0. The molecular weight excluding hydrogens is 218 g/mol. The minimum atomic E-state index is 0.247. The molecule has 0 atom stereocenters. The maximum Gasteiger partial charge on any atom is 0.0444 e. The molecule has 0 radical (unpaired) electrons. The average molecular weight is 238 g/mol. The predicted octanol–water partition coefficient (Wildman–Crippen LogP) is 3.62. The lowest BCUT2D eigenvalue weighted by molar-refractivity contribution is 0.0579. The van der Waals surface area contributed by atoms with Gasteiger partial charge in [-0.3, -0.25) is 0 Å². The topological polar surface area (TPSA) is 12.0 Å². The van der Waals surface area contributed by atoms with Gasteiger partial charge in [0.1, 0.15) is 0 Å². The molecule has 0 unspecified atom stereocenters. The predicted molar refractivity (Wildman–Crippen MR) is 70.1 cm³/mol. The van der Waals surface area contributed by atoms with Crippen LogP contribution in [0, 0.1) is 5.41 Å². The van der Waals surface area contributed by atoms with E-state index in [4.69, 9.17) is 11.6 Å². The van der Waals surface area contributed by atoms with Gasteiger partial charge in [-0.2, -0.15) is 0 Å². The van der Waals surface area contributed by atoms with Crippen molar-refractivity contribution < 1.29 is 0 Å². The van der Waals surface area contributed by atoms with Gasteiger partial charge in [-0.05, 0) is 36.9 Å². The number of rotatable bonds is 3. The van der Waals surface area contributed by atoms with Crippen LogP contribution in [0.2, 0.25) is 5.02 Å². The monoisotopic (exact) mass is 237 g/mol. The molecule has 0 saturated heterocycles. The van der Waals surface area contributed by atoms with Crippen LogP contribution in [0.25, 0.3) is 0 Å². The highest BCUT2D eigenvalue weighted by Gasteiger charge is 2.50. The number of benzene rings is 1. The highest BCUT2D eigenvalue weighted by atomic mass is 35.5. The third kappa shape index (κ3) is 1.99. The molecule has 1 aromatic rings. The second-order valence-corrected chi connectivity index (χ2v) is 6.22. The summed E-state index contributed by atoms with van der Waals surface area (Å²) >= 11 is 6.32. The first kappa shape index (κ1) is 11.9. The van der Waals surface area contributed by atoms with Crippen molar-refractivity contribution >= 4 is 11.6 Å². The summed E-state index contributed by atoms with van der Waals surface area (Å²) in [6, 6.07) is 8.27. The molecule has 0 bridgehead atoms. The quantitative estimate of drug-likeness (QED) is 0.847. The third-order valence-electron chi connectivity index (χ3n) is 3.59. The van der Waals surface area contributed by atoms with Crippen molar-refractivity contribution in [3.8, 4) is 0 Å². The Morgan fingerprint density at radius 1 is 1.25 bits per heavy atom. The van der Waals surface area contributed by atoms with Gasteiger partial charge < -0.3 is 5.32 Å². The molecule has 0 aromatic heterocycles. The van der Waals surface area contributed by atoms with Crippen LogP contribution in [0.1, 0.15) is 32.3 Å². The molecule has 0 amide bonds. The largest absolute Gasteiger partial charge is 0.319 e. The van der Waals surface area contributed by atoms with Crippen LogP contribution in [-0.2, 0) is 5.41 Å². The minimum absolute atomic E-state index is 0.247. The van der Waals surface area contributed by atoms with Gasteiger partial charge >= 0.3 is 0 Å². The van der Waals surface area contributed by atoms with E-state index in [0.29, 0.717) is 5.41 Å². The Labute approximate surface area is 103 Å². The molecule has 1 aliphatic rings. The van der Waals surface area contributed by atoms with Crippen molar-refractivity contribution in [2.45, 2.75) is 32.1 Å². The summed E-state index contributed by atoms with van der Waals surface area (Å²) in [7, 11) is 2.02. The zero-order chi connectivity index (χ0) is 11.8. The smallest absolute Gasteiger partial charge is 0.0444 e. The highest BCUT2D eigenvalue weighted by molar-refractivity contribution is 6.31. The van der Waals surface area contributed by atoms with Gasteiger partial charge in [0.15, 0.2) is 0 Å². The minimum Gasteiger partial charge on any atom is -0.319 e. The number of nitrogens with one attached hydrogen (secondary N) is 1. The average Bonchev–Trinajstić information content (AvgIpc) is 2.15. The Hall–Kier alpha value is -0.530. The van der Waals surface area contributed by atoms with Gasteiger partial charge in [0.2, 0.25) is 0 Å². The van der Waals surface area contributed by atoms with E-state index < -0.39 is 0 Å². The lowest BCUT2D eigenvalue weighted by Crippen LogP contribution is -2.52. The fraction of sp³-hybridized carbons (Fsp3) is 0.571. The fourth-order valence-corrected chi connectivity index (χ4v) is 3.76. The van der Waals surface area contributed by atoms with Crippen LogP contribution >= 0.6 is 11.6 Å². The molecule has 16 heavy (non-hydrogen) atoms. The van der Waals surface area contributed by atoms with E-state index in [0.717, 1.165) is 11.6 Å². The zero-order valence-corrected chi connectivity index (χ0v) is 11.1. The van der Waals surface area contributed by atoms with Gasteiger partial charge in [-0.15, -0.1) is 0 Å². The molecule has 0 heterocycles. The standard InChI is InChI=1S/C14H20ClN/c1-13(2)8-14(9-13,10-16-3)11-6-4-5-7-12(11)15/h4-7,16H,8-10H2,1-3H3. The molecule has 1 N–H and O–H groups in total. The summed E-state index contributed by atoms with van der Waals surface area (Å²) in [4.78, 5) is 0. The lowest BCUT2D eigenvalue weighted by atomic mass is 9.52. The summed E-state index contributed by atoms with van der Waals surface area (Å²) in [5.74, 6) is 0. The second-order valence-electron chi connectivity index (χ2n) is 5.81. The van der Waals surface area contributed by atoms with Crippen molar-refractivity contribution in [3.05, 3.63) is 34.9 Å². The molecule has 1 aromatic carbocycles. The molecule has 1 fully saturated rings. The number of halogens is 1. The van der Waals surface area contributed by atoms with Gasteiger partial charge in [0.25, 0.3) is 0 Å². The van der Waals surface area contributed by atoms with Gasteiger partial charge in [0, 0.05) is 17.0 Å². The van der Waals surface area contributed by atoms with E-state index in [-0.39, 0.29) is 5.41 Å². The van der Waals surface area contributed by atoms with Crippen molar-refractivity contribution in [3.63, 3.8) is 0 Å². The second kappa shape index (κ2) is 4.05. The maximum atomic E-state index is 6.32. The molecule has 88 valence electrons. The first-order chi connectivity index (χ1) is 7.49. The number of hydrogen-bond acceptors (Lipinski definition) is 1. The number of hydrogen-bond donors (Lipinski definition) is 1. The SMILES string of the molecule is CNCC1(c2ccccc2Cl)CC(C)(C)C1. The summed E-state index contributed by atoms with van der Waals surface area (Å²) in [6.07, 6.45) is 2.43. The van der Waals surface area contributed by atoms with Gasteiger partial charge in [-0.25, -0.2) is 0 Å². The highest BCUT2D eigenvalue weighted by Crippen LogP contribution is 2.56. The molecule has 1 saturated carbocycles. The Kier molecular flexibility index (Phi) is 3.02. The lowest BCUT2D eigenvalue weighted by Gasteiger charge is -2.54. The van der Waals surface area contributed by atoms with Crippen molar-refractivity contribution in [1.82, 2.24) is 5.32 Å². The Morgan fingerprint density at radius 2 is 1.88 bits per heavy atom. The van der Waals surface area contributed by atoms with E-state index in [1.54, 1.807) is 0 Å². The first-order valence-corrected chi connectivity index (χ1v) is 6.27. The van der Waals surface area contributed by atoms with Crippen LogP contribution < -0.4 is 5.32 Å². The van der Waals surface area contributed by atoms with Crippen LogP contribution in [0.5, 0.6) is 0 Å². The number of likely N-dealkylation sites (N-methyl/N-ethyl adjacent to an activating group) is 1. The van der Waals surface area contributed by atoms with E-state index in [2.05, 4.69) is 31.3 Å². The van der Waals surface area contributed by atoms with E-state index in [1.807, 2.05) is 19.2 Å². The van der Waals surface area contributed by atoms with E-state index >= 15 is 0 Å². The van der Waals surface area contributed by atoms with Crippen LogP contribution in [0.3, 0.4) is 0 Å². The van der Waals surface area contributed by atoms with Crippen molar-refractivity contribution in [1.29, 1.82) is 0 Å². The normalized spacial score (nSPS) is 21.5. The summed E-state index contributed by atoms with van der Waals surface area (Å²) in [5.41, 5.74) is 2.01. The Balaban J connectivity index is 2.32. The molecule has 2 heteroatoms.